The van der Waals surface area contributed by atoms with E-state index in [0.717, 1.165) is 12.1 Å². The maximum Gasteiger partial charge on any atom is 0.435 e. The molecule has 1 fully saturated rings. The van der Waals surface area contributed by atoms with Gasteiger partial charge in [-0.3, -0.25) is 14.2 Å². The number of aryl methyl sites for hydroxylation is 1. The van der Waals surface area contributed by atoms with Crippen LogP contribution in [0.1, 0.15) is 78.1 Å². The summed E-state index contributed by atoms with van der Waals surface area (Å²) < 4.78 is 128. The van der Waals surface area contributed by atoms with Crippen molar-refractivity contribution in [1.29, 1.82) is 0 Å². The number of ketones is 1. The van der Waals surface area contributed by atoms with Gasteiger partial charge in [0, 0.05) is 53.4 Å². The van der Waals surface area contributed by atoms with Crippen molar-refractivity contribution in [2.45, 2.75) is 74.9 Å². The van der Waals surface area contributed by atoms with Crippen LogP contribution in [0.25, 0.3) is 22.0 Å². The summed E-state index contributed by atoms with van der Waals surface area (Å²) in [4.78, 5) is 18.7. The van der Waals surface area contributed by atoms with Gasteiger partial charge < -0.3 is 5.11 Å². The number of rotatable bonds is 10. The molecule has 0 radical (unpaired) electrons. The number of carbonyl (C=O) groups excluding carboxylic acids is 1. The van der Waals surface area contributed by atoms with E-state index in [2.05, 4.69) is 22.0 Å². The predicted octanol–water partition coefficient (Wildman–Crippen LogP) is 6.23. The second-order valence-corrected chi connectivity index (χ2v) is 16.4. The van der Waals surface area contributed by atoms with Crippen molar-refractivity contribution in [1.82, 2.24) is 24.5 Å². The maximum atomic E-state index is 15.4. The third-order valence-electron chi connectivity index (χ3n) is 9.78. The molecule has 3 heterocycles. The number of nitrogens with zero attached hydrogens (tertiary/aromatic N) is 5. The fourth-order valence-electron chi connectivity index (χ4n) is 7.60. The molecule has 5 aromatic rings. The zero-order chi connectivity index (χ0) is 40.7. The summed E-state index contributed by atoms with van der Waals surface area (Å²) in [7, 11) is -2.46. The molecule has 7 rings (SSSR count). The molecule has 3 aromatic heterocycles. The number of alkyl halides is 5. The summed E-state index contributed by atoms with van der Waals surface area (Å²) in [6, 6.07) is 10.7. The molecular weight excluding hydrogens is 770 g/mol. The van der Waals surface area contributed by atoms with Gasteiger partial charge in [-0.2, -0.15) is 32.1 Å². The number of sulfonamides is 1. The Labute approximate surface area is 315 Å². The zero-order valence-corrected chi connectivity index (χ0v) is 30.7. The molecule has 0 amide bonds. The summed E-state index contributed by atoms with van der Waals surface area (Å²) in [5.74, 6) is -5.03. The van der Waals surface area contributed by atoms with Gasteiger partial charge in [-0.1, -0.05) is 24.1 Å². The number of aromatic nitrogens is 5. The highest BCUT2D eigenvalue weighted by Gasteiger charge is 2.68. The number of aliphatic hydroxyl groups is 1. The number of para-hydroxylation sites is 1. The SMILES string of the molecule is Cn1nc(CS(N)(=O)=O)c2cccc(-c3ccc(C#CC(C)(C)O)nc3[C@@H](CC(=O)Cn3nc(C(F)(F)F)c4c3C(F)(F)[C@@H]3C[C@H]43)Cc3cc(F)cc(F)c3)c21. The van der Waals surface area contributed by atoms with Crippen LogP contribution >= 0.6 is 0 Å². The fourth-order valence-corrected chi connectivity index (χ4v) is 8.20. The first kappa shape index (κ1) is 39.1. The molecule has 0 spiro atoms. The van der Waals surface area contributed by atoms with E-state index in [0.29, 0.717) is 32.8 Å². The van der Waals surface area contributed by atoms with Crippen molar-refractivity contribution in [3.05, 3.63) is 99.8 Å². The molecular formula is C38H33F7N6O4S. The topological polar surface area (TPSA) is 146 Å². The van der Waals surface area contributed by atoms with E-state index in [9.17, 15) is 40.3 Å². The van der Waals surface area contributed by atoms with Gasteiger partial charge in [0.2, 0.25) is 10.0 Å². The highest BCUT2D eigenvalue weighted by molar-refractivity contribution is 7.88. The van der Waals surface area contributed by atoms with Crippen LogP contribution in [0, 0.1) is 29.4 Å². The molecule has 3 atom stereocenters. The first-order chi connectivity index (χ1) is 26.0. The van der Waals surface area contributed by atoms with E-state index in [4.69, 9.17) is 10.1 Å². The van der Waals surface area contributed by atoms with Crippen LogP contribution in [0.15, 0.2) is 48.5 Å². The first-order valence-corrected chi connectivity index (χ1v) is 19.0. The number of benzene rings is 2. The number of primary sulfonamides is 1. The summed E-state index contributed by atoms with van der Waals surface area (Å²) in [6.07, 6.45) is -6.04. The Hall–Kier alpha value is -5.12. The van der Waals surface area contributed by atoms with Gasteiger partial charge >= 0.3 is 6.18 Å². The van der Waals surface area contributed by atoms with Crippen molar-refractivity contribution in [3.63, 3.8) is 0 Å². The molecule has 1 saturated carbocycles. The van der Waals surface area contributed by atoms with Crippen molar-refractivity contribution < 1.29 is 49.1 Å². The number of hydrogen-bond acceptors (Lipinski definition) is 7. The van der Waals surface area contributed by atoms with Crippen LogP contribution in [0.5, 0.6) is 0 Å². The third-order valence-corrected chi connectivity index (χ3v) is 10.5. The van der Waals surface area contributed by atoms with Crippen LogP contribution < -0.4 is 5.14 Å². The van der Waals surface area contributed by atoms with Crippen molar-refractivity contribution in [3.8, 4) is 23.0 Å². The monoisotopic (exact) mass is 802 g/mol. The van der Waals surface area contributed by atoms with Gasteiger partial charge in [0.1, 0.15) is 40.9 Å². The lowest BCUT2D eigenvalue weighted by molar-refractivity contribution is -0.142. The normalized spacial score (nSPS) is 18.0. The molecule has 10 nitrogen and oxygen atoms in total. The Morgan fingerprint density at radius 2 is 1.77 bits per heavy atom. The summed E-state index contributed by atoms with van der Waals surface area (Å²) >= 11 is 0. The predicted molar refractivity (Wildman–Crippen MR) is 188 cm³/mol. The number of hydrogen-bond donors (Lipinski definition) is 2. The quantitative estimate of drug-likeness (QED) is 0.126. The molecule has 2 aliphatic carbocycles. The largest absolute Gasteiger partial charge is 0.435 e. The van der Waals surface area contributed by atoms with E-state index < -0.39 is 98.6 Å². The van der Waals surface area contributed by atoms with Gasteiger partial charge in [-0.05, 0) is 68.4 Å². The summed E-state index contributed by atoms with van der Waals surface area (Å²) in [5, 5.41) is 23.9. The van der Waals surface area contributed by atoms with Gasteiger partial charge in [-0.15, -0.1) is 0 Å². The first-order valence-electron chi connectivity index (χ1n) is 17.2. The Balaban J connectivity index is 1.38. The van der Waals surface area contributed by atoms with Crippen LogP contribution in [0.2, 0.25) is 0 Å². The van der Waals surface area contributed by atoms with Crippen molar-refractivity contribution in [2.24, 2.45) is 18.1 Å². The lowest BCUT2D eigenvalue weighted by Crippen LogP contribution is -2.24. The van der Waals surface area contributed by atoms with Gasteiger partial charge in [-0.25, -0.2) is 27.3 Å². The second-order valence-electron chi connectivity index (χ2n) is 14.8. The number of pyridine rings is 1. The highest BCUT2D eigenvalue weighted by atomic mass is 32.2. The van der Waals surface area contributed by atoms with E-state index >= 15 is 8.78 Å². The van der Waals surface area contributed by atoms with E-state index in [1.165, 1.54) is 24.6 Å². The number of halogens is 7. The standard InChI is InChI=1S/C38H33F7N6O4S/c1-36(2,53)10-9-23-7-8-25(26-5-4-6-27-30(18-56(46,54)55)48-50(3)33(26)27)32(47-23)20(11-19-12-21(39)15-22(40)13-19)14-24(52)17-51-35-31(34(49-51)38(43,44)45)28-16-29(28)37(35,41)42/h4-8,12-13,15,20,28-29,53H,11,14,16-18H2,1-3H3,(H2,46,54,55)/t20-,28+,29-/m1/s1. The molecule has 294 valence electrons. The van der Waals surface area contributed by atoms with Gasteiger partial charge in [0.05, 0.1) is 16.9 Å². The van der Waals surface area contributed by atoms with Crippen LogP contribution in [-0.2, 0) is 52.7 Å². The fraction of sp³-hybridized carbons (Fsp3) is 0.368. The summed E-state index contributed by atoms with van der Waals surface area (Å²) in [6.45, 7) is 1.89. The lowest BCUT2D eigenvalue weighted by atomic mass is 9.86. The Bertz CT molecular complexity index is 2580. The minimum atomic E-state index is -5.06. The number of carbonyl (C=O) groups is 1. The summed E-state index contributed by atoms with van der Waals surface area (Å²) in [5.41, 5.74) is -2.92. The van der Waals surface area contributed by atoms with Crippen LogP contribution in [0.3, 0.4) is 0 Å². The molecule has 2 aliphatic rings. The maximum absolute atomic E-state index is 15.4. The molecule has 56 heavy (non-hydrogen) atoms. The zero-order valence-electron chi connectivity index (χ0n) is 29.9. The Kier molecular flexibility index (Phi) is 9.45. The Morgan fingerprint density at radius 1 is 1.07 bits per heavy atom. The average Bonchev–Trinajstić information content (AvgIpc) is 3.61. The smallest absolute Gasteiger partial charge is 0.378 e. The minimum absolute atomic E-state index is 0.0705. The molecule has 0 bridgehead atoms. The average molecular weight is 803 g/mol. The number of nitrogens with two attached hydrogens (primary N) is 1. The molecule has 2 aromatic carbocycles. The molecule has 3 N–H and O–H groups in total. The second kappa shape index (κ2) is 13.5. The van der Waals surface area contributed by atoms with Gasteiger partial charge in [0.15, 0.2) is 11.5 Å². The highest BCUT2D eigenvalue weighted by Crippen LogP contribution is 2.68. The van der Waals surface area contributed by atoms with Crippen molar-refractivity contribution >= 4 is 26.7 Å². The van der Waals surface area contributed by atoms with E-state index in [-0.39, 0.29) is 35.5 Å². The molecule has 0 saturated heterocycles. The Morgan fingerprint density at radius 3 is 2.41 bits per heavy atom. The molecule has 0 aliphatic heterocycles. The van der Waals surface area contributed by atoms with Crippen molar-refractivity contribution in [2.75, 3.05) is 0 Å². The van der Waals surface area contributed by atoms with E-state index in [1.807, 2.05) is 0 Å². The molecule has 0 unspecified atom stereocenters. The lowest BCUT2D eigenvalue weighted by Gasteiger charge is -2.21. The van der Waals surface area contributed by atoms with Crippen LogP contribution in [0.4, 0.5) is 30.7 Å². The van der Waals surface area contributed by atoms with Gasteiger partial charge in [0.25, 0.3) is 5.92 Å². The third kappa shape index (κ3) is 7.67. The number of fused-ring (bicyclic) bond motifs is 4. The van der Waals surface area contributed by atoms with E-state index in [1.54, 1.807) is 31.3 Å². The number of Topliss-reactive ketones (excluding diaryl/α,β-unsaturated/α-hetero) is 1. The minimum Gasteiger partial charge on any atom is -0.378 e. The van der Waals surface area contributed by atoms with Crippen LogP contribution in [-0.4, -0.2) is 49.5 Å². The molecule has 18 heteroatoms.